The van der Waals surface area contributed by atoms with Crippen molar-refractivity contribution in [3.8, 4) is 10.6 Å². The highest BCUT2D eigenvalue weighted by molar-refractivity contribution is 7.17. The minimum Gasteiger partial charge on any atom is -0.351 e. The van der Waals surface area contributed by atoms with Crippen LogP contribution in [0.25, 0.3) is 16.6 Å². The van der Waals surface area contributed by atoms with Crippen LogP contribution in [-0.4, -0.2) is 31.8 Å². The van der Waals surface area contributed by atoms with Crippen LogP contribution in [0.15, 0.2) is 60.1 Å². The van der Waals surface area contributed by atoms with Crippen LogP contribution in [0.5, 0.6) is 0 Å². The van der Waals surface area contributed by atoms with Gasteiger partial charge in [-0.2, -0.15) is 0 Å². The molecule has 3 heterocycles. The molecule has 2 N–H and O–H groups in total. The first kappa shape index (κ1) is 21.6. The number of carbonyl (C=O) groups excluding carboxylic acids is 2. The van der Waals surface area contributed by atoms with E-state index in [4.69, 9.17) is 0 Å². The van der Waals surface area contributed by atoms with Crippen molar-refractivity contribution < 1.29 is 9.59 Å². The Morgan fingerprint density at radius 3 is 2.81 bits per heavy atom. The minimum atomic E-state index is -0.291. The van der Waals surface area contributed by atoms with Crippen LogP contribution in [0, 0.1) is 0 Å². The Balaban J connectivity index is 1.32. The number of rotatable bonds is 8. The van der Waals surface area contributed by atoms with Crippen molar-refractivity contribution in [3.05, 3.63) is 76.3 Å². The van der Waals surface area contributed by atoms with Gasteiger partial charge in [0.05, 0.1) is 29.9 Å². The molecular weight excluding hydrogens is 444 g/mol. The quantitative estimate of drug-likeness (QED) is 0.386. The van der Waals surface area contributed by atoms with E-state index in [9.17, 15) is 9.59 Å². The lowest BCUT2D eigenvalue weighted by atomic mass is 10.2. The molecule has 8 nitrogen and oxygen atoms in total. The van der Waals surface area contributed by atoms with E-state index >= 15 is 0 Å². The van der Waals surface area contributed by atoms with Gasteiger partial charge in [0.1, 0.15) is 5.69 Å². The predicted molar refractivity (Wildman–Crippen MR) is 126 cm³/mol. The molecule has 0 bridgehead atoms. The van der Waals surface area contributed by atoms with Gasteiger partial charge in [-0.05, 0) is 23.8 Å². The fourth-order valence-electron chi connectivity index (χ4n) is 2.81. The minimum absolute atomic E-state index is 0.0644. The Hall–Kier alpha value is -3.63. The number of hydrogen-bond donors (Lipinski definition) is 2. The summed E-state index contributed by atoms with van der Waals surface area (Å²) in [6.45, 7) is 2.60. The lowest BCUT2D eigenvalue weighted by Gasteiger charge is -1.98. The summed E-state index contributed by atoms with van der Waals surface area (Å²) in [4.78, 5) is 29.8. The molecule has 4 aromatic rings. The largest absolute Gasteiger partial charge is 0.351 e. The van der Waals surface area contributed by atoms with Crippen molar-refractivity contribution in [1.29, 1.82) is 0 Å². The van der Waals surface area contributed by atoms with E-state index in [-0.39, 0.29) is 11.8 Å². The number of thiophene rings is 1. The predicted octanol–water partition coefficient (Wildman–Crippen LogP) is 3.80. The molecule has 0 fully saturated rings. The molecule has 162 valence electrons. The topological polar surface area (TPSA) is 102 Å². The third-order valence-electron chi connectivity index (χ3n) is 4.31. The Bertz CT molecular complexity index is 1240. The number of anilines is 1. The van der Waals surface area contributed by atoms with Crippen LogP contribution < -0.4 is 10.6 Å². The van der Waals surface area contributed by atoms with Gasteiger partial charge in [-0.1, -0.05) is 35.5 Å². The smallest absolute Gasteiger partial charge is 0.250 e. The molecule has 0 saturated heterocycles. The first-order valence-corrected chi connectivity index (χ1v) is 11.5. The van der Waals surface area contributed by atoms with E-state index in [1.54, 1.807) is 28.3 Å². The highest BCUT2D eigenvalue weighted by atomic mass is 32.1. The molecule has 3 aromatic heterocycles. The van der Waals surface area contributed by atoms with Crippen molar-refractivity contribution in [3.63, 3.8) is 0 Å². The molecule has 32 heavy (non-hydrogen) atoms. The molecule has 0 atom stereocenters. The molecule has 4 rings (SSSR count). The third kappa shape index (κ3) is 5.96. The highest BCUT2D eigenvalue weighted by Gasteiger charge is 2.09. The van der Waals surface area contributed by atoms with Gasteiger partial charge in [0.25, 0.3) is 0 Å². The summed E-state index contributed by atoms with van der Waals surface area (Å²) in [6.07, 6.45) is 4.81. The van der Waals surface area contributed by atoms with Crippen molar-refractivity contribution in [2.45, 2.75) is 20.0 Å². The average Bonchev–Trinajstić information content (AvgIpc) is 3.53. The van der Waals surface area contributed by atoms with Crippen molar-refractivity contribution in [2.24, 2.45) is 0 Å². The zero-order valence-electron chi connectivity index (χ0n) is 17.2. The van der Waals surface area contributed by atoms with Crippen molar-refractivity contribution in [1.82, 2.24) is 25.3 Å². The molecule has 1 aromatic carbocycles. The zero-order chi connectivity index (χ0) is 22.3. The monoisotopic (exact) mass is 464 g/mol. The Kier molecular flexibility index (Phi) is 6.83. The second-order valence-electron chi connectivity index (χ2n) is 6.86. The maximum absolute atomic E-state index is 12.3. The number of aromatic nitrogens is 4. The molecule has 10 heteroatoms. The maximum Gasteiger partial charge on any atom is 0.250 e. The van der Waals surface area contributed by atoms with E-state index in [2.05, 4.69) is 25.9 Å². The van der Waals surface area contributed by atoms with Crippen LogP contribution in [0.3, 0.4) is 0 Å². The van der Waals surface area contributed by atoms with Gasteiger partial charge in [0.15, 0.2) is 5.13 Å². The molecule has 0 aliphatic heterocycles. The van der Waals surface area contributed by atoms with Crippen molar-refractivity contribution >= 4 is 45.7 Å². The first-order valence-electron chi connectivity index (χ1n) is 9.77. The summed E-state index contributed by atoms with van der Waals surface area (Å²) >= 11 is 2.91. The number of thiazole rings is 1. The number of nitrogens with one attached hydrogen (secondary N) is 2. The number of benzene rings is 1. The molecule has 0 aliphatic rings. The van der Waals surface area contributed by atoms with E-state index < -0.39 is 0 Å². The second kappa shape index (κ2) is 10.1. The lowest BCUT2D eigenvalue weighted by Crippen LogP contribution is -2.17. The summed E-state index contributed by atoms with van der Waals surface area (Å²) in [5.74, 6) is -0.355. The van der Waals surface area contributed by atoms with Gasteiger partial charge < -0.3 is 5.32 Å². The summed E-state index contributed by atoms with van der Waals surface area (Å²) < 4.78 is 1.72. The van der Waals surface area contributed by atoms with Crippen LogP contribution >= 0.6 is 22.7 Å². The maximum atomic E-state index is 12.3. The first-order chi connectivity index (χ1) is 15.5. The van der Waals surface area contributed by atoms with Crippen LogP contribution in [-0.2, 0) is 22.7 Å². The van der Waals surface area contributed by atoms with Gasteiger partial charge in [0, 0.05) is 23.3 Å². The van der Waals surface area contributed by atoms with Crippen LogP contribution in [0.2, 0.25) is 0 Å². The fraction of sp³-hybridized carbons (Fsp3) is 0.136. The second-order valence-corrected chi connectivity index (χ2v) is 8.89. The third-order valence-corrected chi connectivity index (χ3v) is 6.17. The van der Waals surface area contributed by atoms with Crippen molar-refractivity contribution in [2.75, 3.05) is 5.32 Å². The normalized spacial score (nSPS) is 11.0. The SMILES string of the molecule is CC(=O)NCc1ccc(-c2csc(NC(=O)/C=C/c3cn(Cc4ccccc4)nn3)n2)s1. The van der Waals surface area contributed by atoms with Crippen LogP contribution in [0.1, 0.15) is 23.1 Å². The number of carbonyl (C=O) groups is 2. The molecule has 0 radical (unpaired) electrons. The number of nitrogens with zero attached hydrogens (tertiary/aromatic N) is 4. The standard InChI is InChI=1S/C22H20N6O2S2/c1-15(29)23-11-18-8-9-20(32-18)19-14-31-22(24-19)25-21(30)10-7-17-13-28(27-26-17)12-16-5-3-2-4-6-16/h2-10,13-14H,11-12H2,1H3,(H,23,29)(H,24,25,30)/b10-7+. The van der Waals surface area contributed by atoms with Gasteiger partial charge in [-0.25, -0.2) is 9.67 Å². The van der Waals surface area contributed by atoms with E-state index in [0.717, 1.165) is 21.0 Å². The molecule has 0 aliphatic carbocycles. The van der Waals surface area contributed by atoms with E-state index in [1.807, 2.05) is 47.8 Å². The summed E-state index contributed by atoms with van der Waals surface area (Å²) in [5, 5.41) is 16.1. The van der Waals surface area contributed by atoms with Crippen LogP contribution in [0.4, 0.5) is 5.13 Å². The van der Waals surface area contributed by atoms with Gasteiger partial charge in [-0.15, -0.1) is 27.8 Å². The molecule has 2 amide bonds. The van der Waals surface area contributed by atoms with Gasteiger partial charge in [0.2, 0.25) is 11.8 Å². The molecular formula is C22H20N6O2S2. The number of hydrogen-bond acceptors (Lipinski definition) is 7. The average molecular weight is 465 g/mol. The Morgan fingerprint density at radius 1 is 1.16 bits per heavy atom. The molecule has 0 saturated carbocycles. The zero-order valence-corrected chi connectivity index (χ0v) is 18.8. The fourth-order valence-corrected chi connectivity index (χ4v) is 4.51. The van der Waals surface area contributed by atoms with E-state index in [1.165, 1.54) is 24.3 Å². The Labute approximate surface area is 192 Å². The van der Waals surface area contributed by atoms with Gasteiger partial charge >= 0.3 is 0 Å². The highest BCUT2D eigenvalue weighted by Crippen LogP contribution is 2.30. The Morgan fingerprint density at radius 2 is 2.00 bits per heavy atom. The van der Waals surface area contributed by atoms with Gasteiger partial charge in [-0.3, -0.25) is 14.9 Å². The molecule has 0 unspecified atom stereocenters. The van der Waals surface area contributed by atoms with E-state index in [0.29, 0.717) is 23.9 Å². The summed E-state index contributed by atoms with van der Waals surface area (Å²) in [7, 11) is 0. The molecule has 0 spiro atoms. The summed E-state index contributed by atoms with van der Waals surface area (Å²) in [5.41, 5.74) is 2.51. The number of amides is 2. The lowest BCUT2D eigenvalue weighted by molar-refractivity contribution is -0.119. The summed E-state index contributed by atoms with van der Waals surface area (Å²) in [6, 6.07) is 13.9.